The van der Waals surface area contributed by atoms with Gasteiger partial charge in [0.2, 0.25) is 0 Å². The van der Waals surface area contributed by atoms with E-state index in [9.17, 15) is 4.79 Å². The van der Waals surface area contributed by atoms with Crippen LogP contribution >= 0.6 is 0 Å². The van der Waals surface area contributed by atoms with Crippen LogP contribution in [0.3, 0.4) is 0 Å². The zero-order chi connectivity index (χ0) is 14.7. The highest BCUT2D eigenvalue weighted by Crippen LogP contribution is 2.26. The van der Waals surface area contributed by atoms with Crippen molar-refractivity contribution in [3.8, 4) is 11.5 Å². The maximum absolute atomic E-state index is 11.8. The molecule has 0 radical (unpaired) electrons. The maximum atomic E-state index is 11.8. The summed E-state index contributed by atoms with van der Waals surface area (Å²) < 4.78 is 10.6. The number of ether oxygens (including phenoxy) is 2. The van der Waals surface area contributed by atoms with E-state index in [-0.39, 0.29) is 5.97 Å². The zero-order valence-electron chi connectivity index (χ0n) is 11.4. The van der Waals surface area contributed by atoms with Gasteiger partial charge in [0.1, 0.15) is 11.5 Å². The number of methoxy groups -OCH3 is 1. The number of rotatable bonds is 3. The van der Waals surface area contributed by atoms with Crippen molar-refractivity contribution in [2.45, 2.75) is 0 Å². The van der Waals surface area contributed by atoms with Gasteiger partial charge >= 0.3 is 5.97 Å². The predicted molar refractivity (Wildman–Crippen MR) is 79.6 cm³/mol. The Morgan fingerprint density at radius 2 is 1.81 bits per heavy atom. The van der Waals surface area contributed by atoms with Crippen LogP contribution in [0, 0.1) is 0 Å². The summed E-state index contributed by atoms with van der Waals surface area (Å²) in [6.07, 6.45) is 1.59. The molecule has 4 heteroatoms. The monoisotopic (exact) mass is 279 g/mol. The molecule has 0 spiro atoms. The zero-order valence-corrected chi connectivity index (χ0v) is 11.4. The summed E-state index contributed by atoms with van der Waals surface area (Å²) in [6.45, 7) is 0. The first-order valence-corrected chi connectivity index (χ1v) is 6.48. The van der Waals surface area contributed by atoms with Crippen LogP contribution in [0.15, 0.2) is 60.8 Å². The molecule has 0 atom stereocenters. The van der Waals surface area contributed by atoms with Gasteiger partial charge in [0.25, 0.3) is 0 Å². The van der Waals surface area contributed by atoms with Crippen LogP contribution in [-0.2, 0) is 4.74 Å². The lowest BCUT2D eigenvalue weighted by Crippen LogP contribution is -2.02. The topological polar surface area (TPSA) is 48.4 Å². The Morgan fingerprint density at radius 3 is 2.57 bits per heavy atom. The summed E-state index contributed by atoms with van der Waals surface area (Å²) in [5, 5.41) is 0.706. The van der Waals surface area contributed by atoms with Gasteiger partial charge < -0.3 is 9.47 Å². The van der Waals surface area contributed by atoms with E-state index >= 15 is 0 Å². The molecule has 21 heavy (non-hydrogen) atoms. The van der Waals surface area contributed by atoms with Crippen LogP contribution < -0.4 is 4.74 Å². The normalized spacial score (nSPS) is 10.3. The molecule has 0 fully saturated rings. The molecule has 0 saturated carbocycles. The second kappa shape index (κ2) is 5.63. The van der Waals surface area contributed by atoms with Crippen molar-refractivity contribution in [1.82, 2.24) is 4.98 Å². The fourth-order valence-electron chi connectivity index (χ4n) is 2.10. The molecule has 0 aliphatic carbocycles. The number of fused-ring (bicyclic) bond motifs is 1. The number of aromatic nitrogens is 1. The van der Waals surface area contributed by atoms with Gasteiger partial charge in [-0.2, -0.15) is 0 Å². The van der Waals surface area contributed by atoms with Crippen LogP contribution in [-0.4, -0.2) is 18.1 Å². The molecular weight excluding hydrogens is 266 g/mol. The van der Waals surface area contributed by atoms with Gasteiger partial charge in [-0.1, -0.05) is 18.2 Å². The molecule has 1 heterocycles. The molecular formula is C17H13NO3. The van der Waals surface area contributed by atoms with Gasteiger partial charge in [0.15, 0.2) is 0 Å². The van der Waals surface area contributed by atoms with Crippen LogP contribution in [0.1, 0.15) is 10.4 Å². The number of hydrogen-bond donors (Lipinski definition) is 0. The summed E-state index contributed by atoms with van der Waals surface area (Å²) in [4.78, 5) is 16.0. The third-order valence-electron chi connectivity index (χ3n) is 3.10. The van der Waals surface area contributed by atoms with Crippen molar-refractivity contribution in [1.29, 1.82) is 0 Å². The van der Waals surface area contributed by atoms with E-state index in [0.717, 1.165) is 11.3 Å². The highest BCUT2D eigenvalue weighted by molar-refractivity contribution is 6.03. The number of nitrogens with zero attached hydrogens (tertiary/aromatic N) is 1. The number of hydrogen-bond acceptors (Lipinski definition) is 4. The van der Waals surface area contributed by atoms with Crippen molar-refractivity contribution in [3.63, 3.8) is 0 Å². The van der Waals surface area contributed by atoms with Crippen LogP contribution in [0.4, 0.5) is 0 Å². The number of para-hydroxylation sites is 1. The fraction of sp³-hybridized carbons (Fsp3) is 0.0588. The smallest absolute Gasteiger partial charge is 0.338 e. The summed E-state index contributed by atoms with van der Waals surface area (Å²) in [5.41, 5.74) is 1.19. The standard InChI is InChI=1S/C17H13NO3/c1-20-17(19)14-9-10-18-16-8-7-13(11-15(14)16)21-12-5-3-2-4-6-12/h2-11H,1H3. The summed E-state index contributed by atoms with van der Waals surface area (Å²) >= 11 is 0. The maximum Gasteiger partial charge on any atom is 0.338 e. The van der Waals surface area contributed by atoms with Crippen molar-refractivity contribution in [2.75, 3.05) is 7.11 Å². The summed E-state index contributed by atoms with van der Waals surface area (Å²) in [5.74, 6) is 0.992. The second-order valence-corrected chi connectivity index (χ2v) is 4.44. The minimum Gasteiger partial charge on any atom is -0.465 e. The van der Waals surface area contributed by atoms with E-state index in [1.54, 1.807) is 18.3 Å². The van der Waals surface area contributed by atoms with E-state index < -0.39 is 0 Å². The number of esters is 1. The van der Waals surface area contributed by atoms with Gasteiger partial charge in [-0.25, -0.2) is 4.79 Å². The third kappa shape index (κ3) is 2.69. The van der Waals surface area contributed by atoms with Crippen molar-refractivity contribution >= 4 is 16.9 Å². The van der Waals surface area contributed by atoms with Gasteiger partial charge in [-0.05, 0) is 36.4 Å². The number of carbonyl (C=O) groups excluding carboxylic acids is 1. The molecule has 0 aliphatic heterocycles. The molecule has 3 rings (SSSR count). The Hall–Kier alpha value is -2.88. The summed E-state index contributed by atoms with van der Waals surface area (Å²) in [7, 11) is 1.36. The first kappa shape index (κ1) is 13.1. The highest BCUT2D eigenvalue weighted by Gasteiger charge is 2.11. The first-order chi connectivity index (χ1) is 10.3. The van der Waals surface area contributed by atoms with Crippen LogP contribution in [0.25, 0.3) is 10.9 Å². The van der Waals surface area contributed by atoms with E-state index in [2.05, 4.69) is 4.98 Å². The molecule has 3 aromatic rings. The second-order valence-electron chi connectivity index (χ2n) is 4.44. The number of benzene rings is 2. The molecule has 4 nitrogen and oxygen atoms in total. The predicted octanol–water partition coefficient (Wildman–Crippen LogP) is 3.81. The fourth-order valence-corrected chi connectivity index (χ4v) is 2.10. The largest absolute Gasteiger partial charge is 0.465 e. The van der Waals surface area contributed by atoms with Gasteiger partial charge in [-0.3, -0.25) is 4.98 Å². The lowest BCUT2D eigenvalue weighted by Gasteiger charge is -2.08. The van der Waals surface area contributed by atoms with Crippen LogP contribution in [0.5, 0.6) is 11.5 Å². The average Bonchev–Trinajstić information content (AvgIpc) is 2.54. The quantitative estimate of drug-likeness (QED) is 0.684. The molecule has 104 valence electrons. The molecule has 1 aromatic heterocycles. The molecule has 2 aromatic carbocycles. The Bertz CT molecular complexity index is 784. The SMILES string of the molecule is COC(=O)c1ccnc2ccc(Oc3ccccc3)cc12. The lowest BCUT2D eigenvalue weighted by atomic mass is 10.1. The molecule has 0 N–H and O–H groups in total. The average molecular weight is 279 g/mol. The molecule has 0 saturated heterocycles. The van der Waals surface area contributed by atoms with Gasteiger partial charge in [0.05, 0.1) is 18.2 Å². The van der Waals surface area contributed by atoms with E-state index in [0.29, 0.717) is 16.7 Å². The third-order valence-corrected chi connectivity index (χ3v) is 3.10. The minimum atomic E-state index is -0.390. The van der Waals surface area contributed by atoms with Crippen molar-refractivity contribution in [3.05, 3.63) is 66.4 Å². The Morgan fingerprint density at radius 1 is 1.00 bits per heavy atom. The lowest BCUT2D eigenvalue weighted by molar-refractivity contribution is 0.0603. The first-order valence-electron chi connectivity index (χ1n) is 6.48. The van der Waals surface area contributed by atoms with Crippen molar-refractivity contribution < 1.29 is 14.3 Å². The highest BCUT2D eigenvalue weighted by atomic mass is 16.5. The Balaban J connectivity index is 2.04. The Labute approximate surface area is 122 Å². The van der Waals surface area contributed by atoms with Gasteiger partial charge in [-0.15, -0.1) is 0 Å². The molecule has 0 amide bonds. The number of carbonyl (C=O) groups is 1. The van der Waals surface area contributed by atoms with E-state index in [1.807, 2.05) is 42.5 Å². The van der Waals surface area contributed by atoms with Crippen molar-refractivity contribution in [2.24, 2.45) is 0 Å². The molecule has 0 unspecified atom stereocenters. The summed E-state index contributed by atoms with van der Waals surface area (Å²) in [6, 6.07) is 16.5. The van der Waals surface area contributed by atoms with E-state index in [4.69, 9.17) is 9.47 Å². The van der Waals surface area contributed by atoms with Crippen LogP contribution in [0.2, 0.25) is 0 Å². The minimum absolute atomic E-state index is 0.390. The Kier molecular flexibility index (Phi) is 3.51. The molecule has 0 aliphatic rings. The number of pyridine rings is 1. The van der Waals surface area contributed by atoms with Gasteiger partial charge in [0, 0.05) is 11.6 Å². The molecule has 0 bridgehead atoms. The van der Waals surface area contributed by atoms with E-state index in [1.165, 1.54) is 7.11 Å².